The number of amides is 1. The fourth-order valence-electron chi connectivity index (χ4n) is 9.39. The molecule has 3 fully saturated rings. The Morgan fingerprint density at radius 3 is 2.21 bits per heavy atom. The van der Waals surface area contributed by atoms with E-state index in [1.807, 2.05) is 32.9 Å². The van der Waals surface area contributed by atoms with Gasteiger partial charge in [0.25, 0.3) is 11.7 Å². The van der Waals surface area contributed by atoms with Crippen molar-refractivity contribution in [3.05, 3.63) is 23.3 Å². The highest BCUT2D eigenvalue weighted by atomic mass is 16.7. The summed E-state index contributed by atoms with van der Waals surface area (Å²) in [5.74, 6) is -7.50. The molecule has 0 aromatic rings. The van der Waals surface area contributed by atoms with Gasteiger partial charge >= 0.3 is 5.97 Å². The quantitative estimate of drug-likeness (QED) is 0.196. The number of aliphatic hydroxyl groups is 3. The molecule has 3 N–H and O–H groups in total. The Hall–Kier alpha value is -2.52. The zero-order chi connectivity index (χ0) is 41.5. The molecule has 1 amide bonds. The number of Topliss-reactive ketones (excluding diaryl/α,β-unsaturated/α-hetero) is 2. The average molecular weight is 792 g/mol. The molecule has 0 spiro atoms. The molecule has 13 nitrogen and oxygen atoms in total. The SMILES string of the molecule is CC[C@@H]1/C=C(\C)C[C@H](C)CC(OC)C2O[C@@](O)(C(=O)C(=O)N3CCCC[C@H]3C(=O)O[C@H](/C(C)=C/[C@@H]3CC[C@@H](O)[C@H](OC)C3)[C@H](C)[C@@H](O)CC1=O)[C@H](C)C[C@@H]2OC. The first-order valence-corrected chi connectivity index (χ1v) is 20.8. The molecule has 3 aliphatic heterocycles. The summed E-state index contributed by atoms with van der Waals surface area (Å²) in [6, 6.07) is -1.13. The molecule has 0 aromatic carbocycles. The molecule has 13 heteroatoms. The van der Waals surface area contributed by atoms with Gasteiger partial charge < -0.3 is 43.9 Å². The molecular formula is C43H69NO12. The molecule has 14 atom stereocenters. The van der Waals surface area contributed by atoms with E-state index in [4.69, 9.17) is 23.7 Å². The van der Waals surface area contributed by atoms with E-state index in [1.54, 1.807) is 21.0 Å². The monoisotopic (exact) mass is 791 g/mol. The number of carbonyl (C=O) groups excluding carboxylic acids is 4. The van der Waals surface area contributed by atoms with Crippen molar-refractivity contribution >= 4 is 23.4 Å². The van der Waals surface area contributed by atoms with Crippen molar-refractivity contribution in [2.75, 3.05) is 27.9 Å². The van der Waals surface area contributed by atoms with E-state index >= 15 is 0 Å². The zero-order valence-electron chi connectivity index (χ0n) is 35.1. The molecule has 3 heterocycles. The molecular weight excluding hydrogens is 722 g/mol. The maximum atomic E-state index is 14.3. The molecule has 4 aliphatic rings. The number of ketones is 2. The number of cyclic esters (lactones) is 1. The average Bonchev–Trinajstić information content (AvgIpc) is 3.18. The van der Waals surface area contributed by atoms with Crippen LogP contribution in [0.25, 0.3) is 0 Å². The molecule has 4 rings (SSSR count). The van der Waals surface area contributed by atoms with Crippen LogP contribution in [-0.4, -0.2) is 126 Å². The molecule has 0 aromatic heterocycles. The minimum absolute atomic E-state index is 0.000914. The summed E-state index contributed by atoms with van der Waals surface area (Å²) < 4.78 is 29.7. The normalized spacial score (nSPS) is 41.6. The first kappa shape index (κ1) is 46.2. The third-order valence-corrected chi connectivity index (χ3v) is 12.9. The van der Waals surface area contributed by atoms with E-state index in [0.717, 1.165) is 5.57 Å². The van der Waals surface area contributed by atoms with Gasteiger partial charge in [-0.2, -0.15) is 0 Å². The van der Waals surface area contributed by atoms with Crippen LogP contribution < -0.4 is 0 Å². The number of hydrogen-bond donors (Lipinski definition) is 3. The van der Waals surface area contributed by atoms with Crippen LogP contribution in [0, 0.1) is 29.6 Å². The predicted molar refractivity (Wildman–Crippen MR) is 208 cm³/mol. The summed E-state index contributed by atoms with van der Waals surface area (Å²) >= 11 is 0. The largest absolute Gasteiger partial charge is 0.456 e. The van der Waals surface area contributed by atoms with E-state index in [-0.39, 0.29) is 49.5 Å². The van der Waals surface area contributed by atoms with Crippen LogP contribution in [0.1, 0.15) is 112 Å². The maximum Gasteiger partial charge on any atom is 0.329 e. The molecule has 318 valence electrons. The van der Waals surface area contributed by atoms with E-state index in [9.17, 15) is 34.5 Å². The number of ether oxygens (including phenoxy) is 5. The highest BCUT2D eigenvalue weighted by Crippen LogP contribution is 2.39. The van der Waals surface area contributed by atoms with Crippen molar-refractivity contribution < 1.29 is 58.2 Å². The minimum Gasteiger partial charge on any atom is -0.456 e. The summed E-state index contributed by atoms with van der Waals surface area (Å²) in [5, 5.41) is 34.1. The second kappa shape index (κ2) is 20.4. The Kier molecular flexibility index (Phi) is 16.9. The van der Waals surface area contributed by atoms with E-state index in [1.165, 1.54) is 19.1 Å². The predicted octanol–water partition coefficient (Wildman–Crippen LogP) is 4.47. The fraction of sp³-hybridized carbons (Fsp3) is 0.814. The lowest BCUT2D eigenvalue weighted by Gasteiger charge is -2.47. The van der Waals surface area contributed by atoms with Crippen LogP contribution in [0.3, 0.4) is 0 Å². The van der Waals surface area contributed by atoms with Crippen LogP contribution in [0.4, 0.5) is 0 Å². The number of allylic oxidation sites excluding steroid dienone is 3. The number of piperidine rings is 1. The number of nitrogens with zero attached hydrogens (tertiary/aromatic N) is 1. The number of methoxy groups -OCH3 is 3. The summed E-state index contributed by atoms with van der Waals surface area (Å²) in [6.45, 7) is 11.3. The topological polar surface area (TPSA) is 178 Å². The molecule has 2 bridgehead atoms. The number of hydrogen-bond acceptors (Lipinski definition) is 12. The highest BCUT2D eigenvalue weighted by Gasteiger charge is 2.56. The van der Waals surface area contributed by atoms with Gasteiger partial charge in [-0.1, -0.05) is 45.4 Å². The van der Waals surface area contributed by atoms with Gasteiger partial charge in [0, 0.05) is 52.0 Å². The molecule has 1 aliphatic carbocycles. The summed E-state index contributed by atoms with van der Waals surface area (Å²) in [5.41, 5.74) is 1.66. The summed E-state index contributed by atoms with van der Waals surface area (Å²) in [4.78, 5) is 57.6. The van der Waals surface area contributed by atoms with Crippen LogP contribution in [0.15, 0.2) is 23.3 Å². The van der Waals surface area contributed by atoms with E-state index < -0.39 is 83.9 Å². The van der Waals surface area contributed by atoms with Crippen molar-refractivity contribution in [3.8, 4) is 0 Å². The zero-order valence-corrected chi connectivity index (χ0v) is 35.1. The van der Waals surface area contributed by atoms with Crippen molar-refractivity contribution in [3.63, 3.8) is 0 Å². The van der Waals surface area contributed by atoms with Crippen molar-refractivity contribution in [2.24, 2.45) is 29.6 Å². The lowest BCUT2D eigenvalue weighted by atomic mass is 9.81. The van der Waals surface area contributed by atoms with Gasteiger partial charge in [-0.25, -0.2) is 4.79 Å². The van der Waals surface area contributed by atoms with Crippen LogP contribution in [0.2, 0.25) is 0 Å². The fourth-order valence-corrected chi connectivity index (χ4v) is 9.39. The molecule has 56 heavy (non-hydrogen) atoms. The lowest BCUT2D eigenvalue weighted by Crippen LogP contribution is -2.64. The molecule has 1 saturated carbocycles. The Bertz CT molecular complexity index is 1430. The molecule has 2 unspecified atom stereocenters. The number of esters is 1. The van der Waals surface area contributed by atoms with Gasteiger partial charge in [-0.05, 0) is 95.5 Å². The lowest BCUT2D eigenvalue weighted by molar-refractivity contribution is -0.302. The van der Waals surface area contributed by atoms with Gasteiger partial charge in [0.15, 0.2) is 0 Å². The Morgan fingerprint density at radius 1 is 0.911 bits per heavy atom. The van der Waals surface area contributed by atoms with Gasteiger partial charge in [0.1, 0.15) is 24.0 Å². The van der Waals surface area contributed by atoms with E-state index in [2.05, 4.69) is 6.92 Å². The number of carbonyl (C=O) groups is 4. The number of fused-ring (bicyclic) bond motifs is 3. The highest BCUT2D eigenvalue weighted by molar-refractivity contribution is 6.39. The standard InChI is InChI=1S/C43H69NO12/c1-10-30-18-24(2)17-25(3)19-36(53-8)39-37(54-9)21-27(5)43(51,56-39)40(48)41(49)44-16-12-11-13-31(44)42(50)55-38(28(6)33(46)23-34(30)47)26(4)20-29-14-15-32(45)35(22-29)52-7/h18,20,25,27-33,35-39,45-46,51H,10-17,19,21-23H2,1-9H3/b24-18+,26-20+/t25-,27+,28+,29-,30+,31-,32+,33-,35+,36?,37-,38+,39?,43+/m0/s1. The van der Waals surface area contributed by atoms with Crippen molar-refractivity contribution in [1.29, 1.82) is 0 Å². The molecule has 2 saturated heterocycles. The van der Waals surface area contributed by atoms with Gasteiger partial charge in [0.05, 0.1) is 30.5 Å². The third-order valence-electron chi connectivity index (χ3n) is 12.9. The smallest absolute Gasteiger partial charge is 0.329 e. The number of aliphatic hydroxyl groups excluding tert-OH is 2. The van der Waals surface area contributed by atoms with Crippen LogP contribution in [-0.2, 0) is 42.9 Å². The van der Waals surface area contributed by atoms with Crippen LogP contribution >= 0.6 is 0 Å². The van der Waals surface area contributed by atoms with Gasteiger partial charge in [-0.15, -0.1) is 0 Å². The second-order valence-corrected chi connectivity index (χ2v) is 17.2. The minimum atomic E-state index is -2.50. The van der Waals surface area contributed by atoms with Gasteiger partial charge in [-0.3, -0.25) is 14.4 Å². The van der Waals surface area contributed by atoms with E-state index in [0.29, 0.717) is 56.9 Å². The molecule has 0 radical (unpaired) electrons. The number of rotatable bonds is 6. The first-order chi connectivity index (χ1) is 26.5. The maximum absolute atomic E-state index is 14.3. The third kappa shape index (κ3) is 10.7. The summed E-state index contributed by atoms with van der Waals surface area (Å²) in [6.07, 6.45) is 3.72. The van der Waals surface area contributed by atoms with Crippen LogP contribution in [0.5, 0.6) is 0 Å². The van der Waals surface area contributed by atoms with Gasteiger partial charge in [0.2, 0.25) is 5.79 Å². The van der Waals surface area contributed by atoms with Crippen molar-refractivity contribution in [1.82, 2.24) is 4.90 Å². The summed E-state index contributed by atoms with van der Waals surface area (Å²) in [7, 11) is 4.63. The Morgan fingerprint density at radius 2 is 1.57 bits per heavy atom. The van der Waals surface area contributed by atoms with Crippen molar-refractivity contribution in [2.45, 2.75) is 167 Å². The second-order valence-electron chi connectivity index (χ2n) is 17.2. The Balaban J connectivity index is 1.76. The first-order valence-electron chi connectivity index (χ1n) is 20.8. The Labute approximate surface area is 333 Å².